The van der Waals surface area contributed by atoms with E-state index in [1.807, 2.05) is 0 Å². The molecule has 2 aliphatic rings. The van der Waals surface area contributed by atoms with E-state index in [-0.39, 0.29) is 89.0 Å². The molecule has 5 rings (SSSR count). The van der Waals surface area contributed by atoms with Gasteiger partial charge in [0.15, 0.2) is 5.96 Å². The highest BCUT2D eigenvalue weighted by molar-refractivity contribution is 5.98. The van der Waals surface area contributed by atoms with Crippen molar-refractivity contribution in [2.24, 2.45) is 27.9 Å². The number of rotatable bonds is 24. The van der Waals surface area contributed by atoms with Crippen LogP contribution in [0, 0.1) is 0 Å². The lowest BCUT2D eigenvalue weighted by Gasteiger charge is -2.32. The number of nitrogens with zero attached hydrogens (tertiary/aromatic N) is 3. The Bertz CT molecular complexity index is 2740. The minimum atomic E-state index is -1.46. The van der Waals surface area contributed by atoms with Crippen LogP contribution in [-0.2, 0) is 67.2 Å². The van der Waals surface area contributed by atoms with E-state index in [1.54, 1.807) is 84.9 Å². The number of carboxylic acid groups (broad SMARTS) is 1. The van der Waals surface area contributed by atoms with Gasteiger partial charge in [0.2, 0.25) is 53.2 Å². The fourth-order valence-electron chi connectivity index (χ4n) is 9.61. The molecule has 0 radical (unpaired) electrons. The summed E-state index contributed by atoms with van der Waals surface area (Å²) in [7, 11) is 1.39. The third kappa shape index (κ3) is 20.7. The molecular formula is C57H77N13O12. The van der Waals surface area contributed by atoms with E-state index >= 15 is 0 Å². The average Bonchev–Trinajstić information content (AvgIpc) is 3.95. The van der Waals surface area contributed by atoms with Gasteiger partial charge in [-0.05, 0) is 93.0 Å². The minimum absolute atomic E-state index is 0.000995. The van der Waals surface area contributed by atoms with Gasteiger partial charge in [-0.15, -0.1) is 0 Å². The molecule has 0 spiro atoms. The number of benzene rings is 3. The molecule has 25 nitrogen and oxygen atoms in total. The Balaban J connectivity index is 1.37. The van der Waals surface area contributed by atoms with Crippen molar-refractivity contribution in [2.75, 3.05) is 26.7 Å². The summed E-state index contributed by atoms with van der Waals surface area (Å²) in [5.74, 6) is -8.13. The first-order valence-electron chi connectivity index (χ1n) is 27.4. The summed E-state index contributed by atoms with van der Waals surface area (Å²) < 4.78 is 0. The third-order valence-corrected chi connectivity index (χ3v) is 14.2. The maximum Gasteiger partial charge on any atom is 0.321 e. The lowest BCUT2D eigenvalue weighted by atomic mass is 10.0. The standard InChI is InChI=1S/C57H77N13O12/c1-69-46(33-36-17-9-6-10-18-36)54(79)67-42(20-12-4-2-3-11-19-39(50(75)63-34-48(69)73)64-44(56(81)82)32-37-23-25-38(71)26-24-37)55(80)70-30-14-22-45(70)53(78)66-41(27-28-47(58)72)52(77)65-40(21-13-29-62-57(60)61)51(76)68-43(49(59)74)31-35-15-7-5-8-16-35/h3,5-11,15-18,23-26,39-46,64,71H,2,4,12-14,19-22,27-34H2,1H3,(H2,58,72)(H2,59,74)(H,63,75)(H,65,77)(H,66,78)(H,67,79)(H,68,76)(H,81,82)(H4,60,61,62)/b11-3+/t39-,40-,41-,42+,43-,44-,45-,46-/m0/s1. The van der Waals surface area contributed by atoms with Gasteiger partial charge in [-0.3, -0.25) is 58.3 Å². The van der Waals surface area contributed by atoms with Gasteiger partial charge in [-0.1, -0.05) is 91.4 Å². The molecular weight excluding hydrogens is 1060 g/mol. The molecule has 3 aromatic rings. The largest absolute Gasteiger partial charge is 0.508 e. The third-order valence-electron chi connectivity index (χ3n) is 14.2. The topological polar surface area (TPSA) is 406 Å². The number of likely N-dealkylation sites (tertiary alicyclic amines) is 1. The van der Waals surface area contributed by atoms with Crippen LogP contribution < -0.4 is 54.8 Å². The van der Waals surface area contributed by atoms with Crippen molar-refractivity contribution in [3.05, 3.63) is 114 Å². The van der Waals surface area contributed by atoms with Crippen molar-refractivity contribution in [1.29, 1.82) is 0 Å². The first-order chi connectivity index (χ1) is 39.2. The molecule has 0 saturated carbocycles. The van der Waals surface area contributed by atoms with Crippen LogP contribution in [-0.4, -0.2) is 160 Å². The Hall–Kier alpha value is -8.87. The van der Waals surface area contributed by atoms with Crippen LogP contribution in [0.25, 0.3) is 0 Å². The number of hydrogen-bond acceptors (Lipinski definition) is 13. The van der Waals surface area contributed by atoms with E-state index < -0.39 is 114 Å². The highest BCUT2D eigenvalue weighted by atomic mass is 16.4. The van der Waals surface area contributed by atoms with Crippen molar-refractivity contribution in [3.63, 3.8) is 0 Å². The lowest BCUT2D eigenvalue weighted by Crippen LogP contribution is -2.60. The van der Waals surface area contributed by atoms with Crippen molar-refractivity contribution in [2.45, 2.75) is 138 Å². The summed E-state index contributed by atoms with van der Waals surface area (Å²) in [6, 6.07) is 13.7. The van der Waals surface area contributed by atoms with Crippen LogP contribution in [0.1, 0.15) is 87.3 Å². The summed E-state index contributed by atoms with van der Waals surface area (Å²) in [4.78, 5) is 143. The monoisotopic (exact) mass is 1140 g/mol. The van der Waals surface area contributed by atoms with Gasteiger partial charge in [0, 0.05) is 39.4 Å². The van der Waals surface area contributed by atoms with E-state index in [1.165, 1.54) is 24.1 Å². The number of carboxylic acids is 1. The van der Waals surface area contributed by atoms with E-state index in [2.05, 4.69) is 36.9 Å². The van der Waals surface area contributed by atoms with Gasteiger partial charge < -0.3 is 69.5 Å². The number of phenols is 1. The van der Waals surface area contributed by atoms with Gasteiger partial charge in [0.1, 0.15) is 48.0 Å². The smallest absolute Gasteiger partial charge is 0.321 e. The zero-order valence-electron chi connectivity index (χ0n) is 46.0. The SMILES string of the molecule is CN1C(=O)CNC(=O)[C@@H](N[C@@H](Cc2ccc(O)cc2)C(=O)O)C/C=C/CCCC[C@H](C(=O)N2CCC[C@H]2C(=O)N[C@@H](CCC(N)=O)C(=O)N[C@@H](CCCN=C(N)N)C(=O)N[C@@H](Cc2ccccc2)C(N)=O)NC(=O)[C@@H]1Cc1ccccc1. The van der Waals surface area contributed by atoms with Crippen LogP contribution in [0.4, 0.5) is 0 Å². The predicted octanol–water partition coefficient (Wildman–Crippen LogP) is -0.970. The average molecular weight is 1140 g/mol. The number of guanidine groups is 1. The fraction of sp³-hybridized carbons (Fsp3) is 0.456. The molecule has 0 unspecified atom stereocenters. The van der Waals surface area contributed by atoms with E-state index in [0.717, 1.165) is 4.90 Å². The first kappa shape index (κ1) is 64.0. The fourth-order valence-corrected chi connectivity index (χ4v) is 9.61. The number of aliphatic carboxylic acids is 1. The van der Waals surface area contributed by atoms with Gasteiger partial charge >= 0.3 is 5.97 Å². The van der Waals surface area contributed by atoms with Crippen LogP contribution in [0.2, 0.25) is 0 Å². The van der Waals surface area contributed by atoms with Crippen LogP contribution in [0.15, 0.2) is 102 Å². The summed E-state index contributed by atoms with van der Waals surface area (Å²) in [6.07, 6.45) is 4.97. The Morgan fingerprint density at radius 2 is 1.34 bits per heavy atom. The summed E-state index contributed by atoms with van der Waals surface area (Å²) in [5, 5.41) is 36.2. The number of aromatic hydroxyl groups is 1. The zero-order valence-corrected chi connectivity index (χ0v) is 46.0. The van der Waals surface area contributed by atoms with E-state index in [9.17, 15) is 58.2 Å². The number of nitrogens with two attached hydrogens (primary N) is 4. The maximum atomic E-state index is 14.9. The Morgan fingerprint density at radius 3 is 1.98 bits per heavy atom. The highest BCUT2D eigenvalue weighted by Gasteiger charge is 2.41. The minimum Gasteiger partial charge on any atom is -0.508 e. The molecule has 16 N–H and O–H groups in total. The zero-order chi connectivity index (χ0) is 59.7. The lowest BCUT2D eigenvalue weighted by molar-refractivity contribution is -0.144. The summed E-state index contributed by atoms with van der Waals surface area (Å²) in [6.45, 7) is -0.417. The molecule has 1 saturated heterocycles. The second-order valence-corrected chi connectivity index (χ2v) is 20.4. The molecule has 2 aliphatic heterocycles. The molecule has 2 heterocycles. The van der Waals surface area contributed by atoms with Crippen LogP contribution in [0.5, 0.6) is 5.75 Å². The van der Waals surface area contributed by atoms with Crippen molar-refractivity contribution >= 4 is 65.1 Å². The molecule has 442 valence electrons. The van der Waals surface area contributed by atoms with Crippen molar-refractivity contribution in [3.8, 4) is 5.75 Å². The second-order valence-electron chi connectivity index (χ2n) is 20.4. The number of carbonyl (C=O) groups is 10. The number of carbonyl (C=O) groups excluding carboxylic acids is 9. The van der Waals surface area contributed by atoms with Gasteiger partial charge in [0.05, 0.1) is 12.6 Å². The molecule has 25 heteroatoms. The number of allylic oxidation sites excluding steroid dienone is 1. The molecule has 0 aliphatic carbocycles. The van der Waals surface area contributed by atoms with E-state index in [4.69, 9.17) is 22.9 Å². The van der Waals surface area contributed by atoms with Crippen molar-refractivity contribution < 1.29 is 58.2 Å². The number of hydrogen-bond donors (Lipinski definition) is 12. The van der Waals surface area contributed by atoms with Gasteiger partial charge in [-0.2, -0.15) is 0 Å². The highest BCUT2D eigenvalue weighted by Crippen LogP contribution is 2.22. The molecule has 1 fully saturated rings. The van der Waals surface area contributed by atoms with E-state index in [0.29, 0.717) is 42.4 Å². The first-order valence-corrected chi connectivity index (χ1v) is 27.4. The molecule has 82 heavy (non-hydrogen) atoms. The number of amides is 9. The van der Waals surface area contributed by atoms with Gasteiger partial charge in [0.25, 0.3) is 0 Å². The number of nitrogens with one attached hydrogen (secondary N) is 6. The Labute approximate surface area is 475 Å². The molecule has 3 aromatic carbocycles. The second kappa shape index (κ2) is 32.4. The van der Waals surface area contributed by atoms with Gasteiger partial charge in [-0.25, -0.2) is 0 Å². The Kier molecular flexibility index (Phi) is 25.3. The Morgan fingerprint density at radius 1 is 0.720 bits per heavy atom. The van der Waals surface area contributed by atoms with Crippen LogP contribution >= 0.6 is 0 Å². The normalized spacial score (nSPS) is 20.0. The number of phenolic OH excluding ortho intramolecular Hbond substituents is 1. The number of aliphatic imine (C=N–C) groups is 1. The van der Waals surface area contributed by atoms with Crippen molar-refractivity contribution in [1.82, 2.24) is 41.7 Å². The predicted molar refractivity (Wildman–Crippen MR) is 302 cm³/mol. The number of likely N-dealkylation sites (N-methyl/N-ethyl adjacent to an activating group) is 1. The molecule has 0 aromatic heterocycles. The molecule has 0 bridgehead atoms. The summed E-state index contributed by atoms with van der Waals surface area (Å²) in [5.41, 5.74) is 24.1. The molecule has 8 atom stereocenters. The summed E-state index contributed by atoms with van der Waals surface area (Å²) >= 11 is 0. The number of primary amides is 2. The molecule has 9 amide bonds. The van der Waals surface area contributed by atoms with Crippen LogP contribution in [0.3, 0.4) is 0 Å². The maximum absolute atomic E-state index is 14.9. The quantitative estimate of drug-likeness (QED) is 0.0222.